The van der Waals surface area contributed by atoms with Gasteiger partial charge in [-0.25, -0.2) is 0 Å². The van der Waals surface area contributed by atoms with Gasteiger partial charge in [-0.05, 0) is 48.1 Å². The van der Waals surface area contributed by atoms with E-state index in [1.807, 2.05) is 62.4 Å². The lowest BCUT2D eigenvalue weighted by Crippen LogP contribution is -2.64. The van der Waals surface area contributed by atoms with Gasteiger partial charge in [0, 0.05) is 27.5 Å². The Balaban J connectivity index is 1.66. The number of benzene rings is 2. The summed E-state index contributed by atoms with van der Waals surface area (Å²) in [4.78, 5) is 42.3. The highest BCUT2D eigenvalue weighted by molar-refractivity contribution is 9.10. The number of carbonyl (C=O) groups is 3. The van der Waals surface area contributed by atoms with Crippen LogP contribution in [0.1, 0.15) is 37.1 Å². The number of para-hydroxylation sites is 1. The molecular weight excluding hydrogens is 496 g/mol. The van der Waals surface area contributed by atoms with Crippen LogP contribution in [0.5, 0.6) is 0 Å². The molecule has 2 atom stereocenters. The molecule has 34 heavy (non-hydrogen) atoms. The van der Waals surface area contributed by atoms with Crippen LogP contribution in [0.25, 0.3) is 10.9 Å². The molecule has 178 valence electrons. The zero-order valence-electron chi connectivity index (χ0n) is 19.3. The fourth-order valence-electron chi connectivity index (χ4n) is 4.70. The quantitative estimate of drug-likeness (QED) is 0.380. The Morgan fingerprint density at radius 2 is 1.82 bits per heavy atom. The minimum Gasteiger partial charge on any atom is -0.368 e. The van der Waals surface area contributed by atoms with Crippen LogP contribution < -0.4 is 16.4 Å². The largest absolute Gasteiger partial charge is 0.368 e. The number of nitrogens with one attached hydrogen (secondary N) is 3. The zero-order chi connectivity index (χ0) is 24.5. The van der Waals surface area contributed by atoms with E-state index in [9.17, 15) is 14.4 Å². The first-order valence-electron chi connectivity index (χ1n) is 11.4. The summed E-state index contributed by atoms with van der Waals surface area (Å²) < 4.78 is 0.929. The summed E-state index contributed by atoms with van der Waals surface area (Å²) in [5.41, 5.74) is 8.30. The maximum atomic E-state index is 13.7. The molecule has 0 spiro atoms. The van der Waals surface area contributed by atoms with E-state index in [1.54, 1.807) is 0 Å². The maximum Gasteiger partial charge on any atom is 0.246 e. The minimum absolute atomic E-state index is 0.145. The molecule has 0 radical (unpaired) electrons. The number of amides is 3. The first-order chi connectivity index (χ1) is 16.2. The molecule has 1 aliphatic rings. The number of fused-ring (bicyclic) bond motifs is 3. The van der Waals surface area contributed by atoms with Gasteiger partial charge in [-0.15, -0.1) is 0 Å². The predicted molar refractivity (Wildman–Crippen MR) is 135 cm³/mol. The molecule has 0 saturated heterocycles. The molecule has 5 N–H and O–H groups in total. The number of hydrogen-bond acceptors (Lipinski definition) is 3. The summed E-state index contributed by atoms with van der Waals surface area (Å²) in [6, 6.07) is 14.6. The normalized spacial score (nSPS) is 18.4. The highest BCUT2D eigenvalue weighted by Gasteiger charge is 2.45. The van der Waals surface area contributed by atoms with Crippen LogP contribution >= 0.6 is 15.9 Å². The number of hydrogen-bond donors (Lipinski definition) is 4. The third kappa shape index (κ3) is 4.87. The van der Waals surface area contributed by atoms with Crippen molar-refractivity contribution in [2.75, 3.05) is 0 Å². The standard InChI is InChI=1S/C26H29BrN4O3/c1-15(2)23(24(28)33)30-25(34)26(31-22(32)13-16-7-9-17(27)10-8-16)12-11-21-19(14-26)18-5-3-4-6-20(18)29-21/h3-10,15,23,29H,11-14H2,1-2H3,(H2,28,33)(H,30,34)(H,31,32)/t23-,26+/m0/s1. The summed E-state index contributed by atoms with van der Waals surface area (Å²) in [5, 5.41) is 6.91. The molecule has 0 aliphatic heterocycles. The van der Waals surface area contributed by atoms with Crippen molar-refractivity contribution >= 4 is 44.6 Å². The zero-order valence-corrected chi connectivity index (χ0v) is 20.9. The molecule has 3 aromatic rings. The molecule has 2 aromatic carbocycles. The Hall–Kier alpha value is -3.13. The molecule has 0 unspecified atom stereocenters. The molecule has 0 bridgehead atoms. The van der Waals surface area contributed by atoms with Gasteiger partial charge in [-0.1, -0.05) is 60.1 Å². The van der Waals surface area contributed by atoms with Crippen LogP contribution in [-0.4, -0.2) is 34.3 Å². The first-order valence-corrected chi connectivity index (χ1v) is 12.2. The van der Waals surface area contributed by atoms with Crippen molar-refractivity contribution < 1.29 is 14.4 Å². The van der Waals surface area contributed by atoms with E-state index >= 15 is 0 Å². The Morgan fingerprint density at radius 1 is 1.12 bits per heavy atom. The molecule has 4 rings (SSSR count). The molecule has 0 fully saturated rings. The van der Waals surface area contributed by atoms with E-state index in [1.165, 1.54) is 0 Å². The van der Waals surface area contributed by atoms with Gasteiger partial charge in [-0.2, -0.15) is 0 Å². The lowest BCUT2D eigenvalue weighted by atomic mass is 9.78. The number of aromatic nitrogens is 1. The number of carbonyl (C=O) groups excluding carboxylic acids is 3. The Bertz CT molecular complexity index is 1230. The van der Waals surface area contributed by atoms with Gasteiger partial charge in [-0.3, -0.25) is 14.4 Å². The van der Waals surface area contributed by atoms with Crippen LogP contribution in [0.2, 0.25) is 0 Å². The number of aryl methyl sites for hydroxylation is 1. The molecule has 1 heterocycles. The minimum atomic E-state index is -1.19. The van der Waals surface area contributed by atoms with E-state index in [-0.39, 0.29) is 24.2 Å². The summed E-state index contributed by atoms with van der Waals surface area (Å²) in [7, 11) is 0. The van der Waals surface area contributed by atoms with E-state index in [2.05, 4.69) is 31.5 Å². The summed E-state index contributed by atoms with van der Waals surface area (Å²) in [6.07, 6.45) is 1.48. The lowest BCUT2D eigenvalue weighted by molar-refractivity contribution is -0.136. The van der Waals surface area contributed by atoms with Crippen molar-refractivity contribution in [1.82, 2.24) is 15.6 Å². The van der Waals surface area contributed by atoms with Crippen molar-refractivity contribution in [2.24, 2.45) is 11.7 Å². The van der Waals surface area contributed by atoms with Gasteiger partial charge >= 0.3 is 0 Å². The Kier molecular flexibility index (Phi) is 6.79. The van der Waals surface area contributed by atoms with E-state index in [4.69, 9.17) is 5.73 Å². The van der Waals surface area contributed by atoms with E-state index in [0.29, 0.717) is 19.3 Å². The van der Waals surface area contributed by atoms with Crippen LogP contribution in [0, 0.1) is 5.92 Å². The molecule has 8 heteroatoms. The predicted octanol–water partition coefficient (Wildman–Crippen LogP) is 3.14. The molecule has 1 aliphatic carbocycles. The third-order valence-corrected chi connectivity index (χ3v) is 7.06. The van der Waals surface area contributed by atoms with Gasteiger partial charge in [0.2, 0.25) is 17.7 Å². The van der Waals surface area contributed by atoms with Crippen LogP contribution in [-0.2, 0) is 33.6 Å². The summed E-state index contributed by atoms with van der Waals surface area (Å²) in [5.74, 6) is -1.40. The number of aromatic amines is 1. The fourth-order valence-corrected chi connectivity index (χ4v) is 4.97. The number of rotatable bonds is 7. The van der Waals surface area contributed by atoms with E-state index in [0.717, 1.165) is 32.2 Å². The highest BCUT2D eigenvalue weighted by atomic mass is 79.9. The lowest BCUT2D eigenvalue weighted by Gasteiger charge is -2.38. The fraction of sp³-hybridized carbons (Fsp3) is 0.346. The van der Waals surface area contributed by atoms with Crippen molar-refractivity contribution in [3.05, 3.63) is 69.8 Å². The van der Waals surface area contributed by atoms with E-state index < -0.39 is 17.5 Å². The van der Waals surface area contributed by atoms with Crippen molar-refractivity contribution in [3.63, 3.8) is 0 Å². The average molecular weight is 525 g/mol. The van der Waals surface area contributed by atoms with Crippen molar-refractivity contribution in [1.29, 1.82) is 0 Å². The second-order valence-corrected chi connectivity index (χ2v) is 10.3. The number of nitrogens with two attached hydrogens (primary N) is 1. The highest BCUT2D eigenvalue weighted by Crippen LogP contribution is 2.34. The number of halogens is 1. The van der Waals surface area contributed by atoms with Gasteiger partial charge in [0.25, 0.3) is 0 Å². The van der Waals surface area contributed by atoms with Gasteiger partial charge in [0.1, 0.15) is 11.6 Å². The van der Waals surface area contributed by atoms with Crippen LogP contribution in [0.4, 0.5) is 0 Å². The van der Waals surface area contributed by atoms with Gasteiger partial charge in [0.05, 0.1) is 6.42 Å². The van der Waals surface area contributed by atoms with Crippen LogP contribution in [0.15, 0.2) is 53.0 Å². The van der Waals surface area contributed by atoms with Gasteiger partial charge in [0.15, 0.2) is 0 Å². The smallest absolute Gasteiger partial charge is 0.246 e. The second kappa shape index (κ2) is 9.62. The average Bonchev–Trinajstić information content (AvgIpc) is 3.16. The Labute approximate surface area is 207 Å². The molecule has 7 nitrogen and oxygen atoms in total. The topological polar surface area (TPSA) is 117 Å². The van der Waals surface area contributed by atoms with Crippen molar-refractivity contribution in [2.45, 2.75) is 51.1 Å². The monoisotopic (exact) mass is 524 g/mol. The molecule has 3 amide bonds. The molecule has 1 aromatic heterocycles. The first kappa shape index (κ1) is 24.0. The third-order valence-electron chi connectivity index (χ3n) is 6.53. The Morgan fingerprint density at radius 3 is 2.50 bits per heavy atom. The summed E-state index contributed by atoms with van der Waals surface area (Å²) in [6.45, 7) is 3.65. The number of H-pyrrole nitrogens is 1. The van der Waals surface area contributed by atoms with Crippen LogP contribution in [0.3, 0.4) is 0 Å². The summed E-state index contributed by atoms with van der Waals surface area (Å²) >= 11 is 3.40. The molecular formula is C26H29BrN4O3. The second-order valence-electron chi connectivity index (χ2n) is 9.34. The molecule has 0 saturated carbocycles. The SMILES string of the molecule is CC(C)[C@H](NC(=O)[C@@]1(NC(=O)Cc2ccc(Br)cc2)CCc2[nH]c3ccccc3c2C1)C(N)=O. The number of primary amides is 1. The van der Waals surface area contributed by atoms with Crippen molar-refractivity contribution in [3.8, 4) is 0 Å². The maximum absolute atomic E-state index is 13.7. The van der Waals surface area contributed by atoms with Gasteiger partial charge < -0.3 is 21.4 Å².